The summed E-state index contributed by atoms with van der Waals surface area (Å²) in [5, 5.41) is 0. The number of sulfonamides is 1. The molecular formula is C14H23NO2S. The summed E-state index contributed by atoms with van der Waals surface area (Å²) >= 11 is 0. The summed E-state index contributed by atoms with van der Waals surface area (Å²) in [6.07, 6.45) is 2.66. The molecule has 4 heteroatoms. The van der Waals surface area contributed by atoms with Gasteiger partial charge in [0.2, 0.25) is 10.0 Å². The largest absolute Gasteiger partial charge is 0.284 e. The van der Waals surface area contributed by atoms with Crippen molar-refractivity contribution in [2.45, 2.75) is 46.0 Å². The predicted molar refractivity (Wildman–Crippen MR) is 77.5 cm³/mol. The Bertz CT molecular complexity index is 451. The zero-order valence-corrected chi connectivity index (χ0v) is 12.3. The van der Waals surface area contributed by atoms with Gasteiger partial charge < -0.3 is 0 Å². The van der Waals surface area contributed by atoms with Gasteiger partial charge >= 0.3 is 0 Å². The molecule has 3 nitrogen and oxygen atoms in total. The molecule has 0 heterocycles. The van der Waals surface area contributed by atoms with Crippen LogP contribution >= 0.6 is 0 Å². The summed E-state index contributed by atoms with van der Waals surface area (Å²) < 4.78 is 26.1. The van der Waals surface area contributed by atoms with Gasteiger partial charge in [0.15, 0.2) is 0 Å². The first kappa shape index (κ1) is 15.0. The van der Waals surface area contributed by atoms with E-state index in [-0.39, 0.29) is 5.75 Å². The van der Waals surface area contributed by atoms with Crippen LogP contribution in [0.3, 0.4) is 0 Å². The van der Waals surface area contributed by atoms with E-state index in [1.807, 2.05) is 31.2 Å². The highest BCUT2D eigenvalue weighted by molar-refractivity contribution is 7.92. The van der Waals surface area contributed by atoms with E-state index < -0.39 is 10.0 Å². The predicted octanol–water partition coefficient (Wildman–Crippen LogP) is 3.74. The Balaban J connectivity index is 2.69. The minimum atomic E-state index is -3.19. The summed E-state index contributed by atoms with van der Waals surface area (Å²) in [5.41, 5.74) is 1.90. The molecule has 0 radical (unpaired) electrons. The van der Waals surface area contributed by atoms with Gasteiger partial charge in [0.1, 0.15) is 0 Å². The summed E-state index contributed by atoms with van der Waals surface area (Å²) in [6, 6.07) is 7.66. The van der Waals surface area contributed by atoms with Crippen molar-refractivity contribution < 1.29 is 8.42 Å². The molecule has 1 unspecified atom stereocenters. The van der Waals surface area contributed by atoms with E-state index in [9.17, 15) is 8.42 Å². The van der Waals surface area contributed by atoms with E-state index in [1.54, 1.807) is 0 Å². The number of unbranched alkanes of at least 4 members (excludes halogenated alkanes) is 1. The van der Waals surface area contributed by atoms with Gasteiger partial charge in [-0.1, -0.05) is 39.3 Å². The van der Waals surface area contributed by atoms with Gasteiger partial charge in [0.05, 0.1) is 5.75 Å². The van der Waals surface area contributed by atoms with Crippen LogP contribution in [0.5, 0.6) is 0 Å². The molecule has 0 saturated carbocycles. The molecule has 0 amide bonds. The molecular weight excluding hydrogens is 246 g/mol. The fourth-order valence-electron chi connectivity index (χ4n) is 1.68. The number of anilines is 1. The molecule has 0 aliphatic carbocycles. The monoisotopic (exact) mass is 269 g/mol. The van der Waals surface area contributed by atoms with Crippen LogP contribution in [0.25, 0.3) is 0 Å². The summed E-state index contributed by atoms with van der Waals surface area (Å²) in [5.74, 6) is 0.701. The topological polar surface area (TPSA) is 46.2 Å². The molecule has 0 aromatic heterocycles. The maximum Gasteiger partial charge on any atom is 0.232 e. The van der Waals surface area contributed by atoms with E-state index >= 15 is 0 Å². The Kier molecular flexibility index (Phi) is 5.66. The van der Waals surface area contributed by atoms with Crippen molar-refractivity contribution in [3.63, 3.8) is 0 Å². The van der Waals surface area contributed by atoms with Crippen molar-refractivity contribution in [1.82, 2.24) is 0 Å². The van der Waals surface area contributed by atoms with Crippen molar-refractivity contribution in [2.75, 3.05) is 10.5 Å². The third-order valence-corrected chi connectivity index (χ3v) is 4.50. The Morgan fingerprint density at radius 3 is 2.28 bits per heavy atom. The lowest BCUT2D eigenvalue weighted by Gasteiger charge is -2.11. The first-order valence-corrected chi connectivity index (χ1v) is 8.24. The normalized spacial score (nSPS) is 13.3. The molecule has 0 saturated heterocycles. The van der Waals surface area contributed by atoms with Gasteiger partial charge in [-0.05, 0) is 36.5 Å². The maximum atomic E-state index is 11.7. The van der Waals surface area contributed by atoms with E-state index in [1.165, 1.54) is 5.56 Å². The lowest BCUT2D eigenvalue weighted by Crippen LogP contribution is -2.16. The summed E-state index contributed by atoms with van der Waals surface area (Å²) in [7, 11) is -3.19. The average molecular weight is 269 g/mol. The fraction of sp³-hybridized carbons (Fsp3) is 0.571. The molecule has 102 valence electrons. The molecule has 18 heavy (non-hydrogen) atoms. The molecule has 0 spiro atoms. The summed E-state index contributed by atoms with van der Waals surface area (Å²) in [6.45, 7) is 6.29. The Hall–Kier alpha value is -1.03. The number of benzene rings is 1. The molecule has 1 aromatic carbocycles. The minimum Gasteiger partial charge on any atom is -0.284 e. The van der Waals surface area contributed by atoms with Crippen LogP contribution in [0.4, 0.5) is 5.69 Å². The van der Waals surface area contributed by atoms with Crippen LogP contribution in [-0.4, -0.2) is 14.2 Å². The SMILES string of the molecule is CCCCS(=O)(=O)Nc1ccc(C(C)CC)cc1. The molecule has 0 aliphatic heterocycles. The number of nitrogens with one attached hydrogen (secondary N) is 1. The van der Waals surface area contributed by atoms with Crippen LogP contribution < -0.4 is 4.72 Å². The van der Waals surface area contributed by atoms with Crippen molar-refractivity contribution in [3.05, 3.63) is 29.8 Å². The third-order valence-electron chi connectivity index (χ3n) is 3.13. The number of hydrogen-bond acceptors (Lipinski definition) is 2. The molecule has 0 bridgehead atoms. The van der Waals surface area contributed by atoms with Crippen molar-refractivity contribution in [2.24, 2.45) is 0 Å². The maximum absolute atomic E-state index is 11.7. The van der Waals surface area contributed by atoms with E-state index in [2.05, 4.69) is 18.6 Å². The van der Waals surface area contributed by atoms with Crippen LogP contribution in [0.2, 0.25) is 0 Å². The van der Waals surface area contributed by atoms with Gasteiger partial charge in [-0.3, -0.25) is 4.72 Å². The standard InChI is InChI=1S/C14H23NO2S/c1-4-6-11-18(16,17)15-14-9-7-13(8-10-14)12(3)5-2/h7-10,12,15H,4-6,11H2,1-3H3. The van der Waals surface area contributed by atoms with E-state index in [0.717, 1.165) is 12.8 Å². The Labute approximate surface area is 111 Å². The highest BCUT2D eigenvalue weighted by atomic mass is 32.2. The van der Waals surface area contributed by atoms with Crippen molar-refractivity contribution in [1.29, 1.82) is 0 Å². The zero-order valence-electron chi connectivity index (χ0n) is 11.4. The van der Waals surface area contributed by atoms with Gasteiger partial charge in [0.25, 0.3) is 0 Å². The lowest BCUT2D eigenvalue weighted by molar-refractivity contribution is 0.598. The molecule has 1 aromatic rings. The van der Waals surface area contributed by atoms with Crippen LogP contribution in [0.1, 0.15) is 51.5 Å². The second-order valence-electron chi connectivity index (χ2n) is 4.71. The van der Waals surface area contributed by atoms with E-state index in [0.29, 0.717) is 18.0 Å². The van der Waals surface area contributed by atoms with Crippen molar-refractivity contribution >= 4 is 15.7 Å². The van der Waals surface area contributed by atoms with Gasteiger partial charge in [-0.25, -0.2) is 8.42 Å². The third kappa shape index (κ3) is 4.69. The second-order valence-corrected chi connectivity index (χ2v) is 6.55. The fourth-order valence-corrected chi connectivity index (χ4v) is 2.95. The highest BCUT2D eigenvalue weighted by Gasteiger charge is 2.09. The Morgan fingerprint density at radius 1 is 1.17 bits per heavy atom. The number of hydrogen-bond donors (Lipinski definition) is 1. The molecule has 1 rings (SSSR count). The number of rotatable bonds is 7. The van der Waals surface area contributed by atoms with E-state index in [4.69, 9.17) is 0 Å². The van der Waals surface area contributed by atoms with Crippen LogP contribution in [0.15, 0.2) is 24.3 Å². The first-order chi connectivity index (χ1) is 8.48. The first-order valence-electron chi connectivity index (χ1n) is 6.59. The van der Waals surface area contributed by atoms with Crippen LogP contribution in [0, 0.1) is 0 Å². The Morgan fingerprint density at radius 2 is 1.78 bits per heavy atom. The zero-order chi connectivity index (χ0) is 13.6. The molecule has 0 aliphatic rings. The minimum absolute atomic E-state index is 0.191. The summed E-state index contributed by atoms with van der Waals surface area (Å²) in [4.78, 5) is 0. The molecule has 0 fully saturated rings. The average Bonchev–Trinajstić information content (AvgIpc) is 2.36. The van der Waals surface area contributed by atoms with Gasteiger partial charge in [-0.2, -0.15) is 0 Å². The van der Waals surface area contributed by atoms with Gasteiger partial charge in [0, 0.05) is 5.69 Å². The smallest absolute Gasteiger partial charge is 0.232 e. The lowest BCUT2D eigenvalue weighted by atomic mass is 9.99. The highest BCUT2D eigenvalue weighted by Crippen LogP contribution is 2.21. The molecule has 1 N–H and O–H groups in total. The van der Waals surface area contributed by atoms with Gasteiger partial charge in [-0.15, -0.1) is 0 Å². The van der Waals surface area contributed by atoms with Crippen molar-refractivity contribution in [3.8, 4) is 0 Å². The van der Waals surface area contributed by atoms with Crippen LogP contribution in [-0.2, 0) is 10.0 Å². The second kappa shape index (κ2) is 6.78. The quantitative estimate of drug-likeness (QED) is 0.819. The molecule has 1 atom stereocenters.